The number of hydrogen-bond acceptors (Lipinski definition) is 5. The summed E-state index contributed by atoms with van der Waals surface area (Å²) in [6, 6.07) is 7.68. The van der Waals surface area contributed by atoms with E-state index in [4.69, 9.17) is 0 Å². The second kappa shape index (κ2) is 5.76. The third-order valence-electron chi connectivity index (χ3n) is 3.31. The van der Waals surface area contributed by atoms with Gasteiger partial charge in [0.2, 0.25) is 0 Å². The number of nitrogens with one attached hydrogen (secondary N) is 2. The molecule has 1 heterocycles. The molecule has 8 nitrogen and oxygen atoms in total. The number of H-pyrrole nitrogens is 1. The minimum Gasteiger partial charge on any atom is -0.281 e. The zero-order valence-electron chi connectivity index (χ0n) is 11.5. The second-order valence-electron chi connectivity index (χ2n) is 5.03. The molecular formula is C14H13N5O3. The molecule has 1 amide bonds. The van der Waals surface area contributed by atoms with Crippen molar-refractivity contribution >= 4 is 17.8 Å². The number of carbonyl (C=O) groups is 1. The van der Waals surface area contributed by atoms with Crippen molar-refractivity contribution in [3.63, 3.8) is 0 Å². The van der Waals surface area contributed by atoms with Gasteiger partial charge < -0.3 is 0 Å². The Morgan fingerprint density at radius 3 is 3.00 bits per heavy atom. The van der Waals surface area contributed by atoms with E-state index in [-0.39, 0.29) is 11.4 Å². The molecule has 112 valence electrons. The summed E-state index contributed by atoms with van der Waals surface area (Å²) in [5.74, 6) is 0.0623. The highest BCUT2D eigenvalue weighted by atomic mass is 16.6. The van der Waals surface area contributed by atoms with Gasteiger partial charge in [-0.1, -0.05) is 12.1 Å². The van der Waals surface area contributed by atoms with Crippen LogP contribution in [0.25, 0.3) is 0 Å². The Kier molecular flexibility index (Phi) is 3.65. The number of benzene rings is 1. The summed E-state index contributed by atoms with van der Waals surface area (Å²) < 4.78 is 0. The molecule has 0 aliphatic heterocycles. The van der Waals surface area contributed by atoms with Crippen LogP contribution in [-0.2, 0) is 0 Å². The number of amides is 1. The van der Waals surface area contributed by atoms with E-state index in [1.54, 1.807) is 18.2 Å². The van der Waals surface area contributed by atoms with Gasteiger partial charge in [-0.05, 0) is 18.9 Å². The monoisotopic (exact) mass is 299 g/mol. The minimum absolute atomic E-state index is 0.0309. The quantitative estimate of drug-likeness (QED) is 0.499. The minimum atomic E-state index is -0.487. The van der Waals surface area contributed by atoms with Crippen molar-refractivity contribution in [2.75, 3.05) is 0 Å². The van der Waals surface area contributed by atoms with Crippen LogP contribution in [-0.4, -0.2) is 27.2 Å². The molecule has 8 heteroatoms. The highest BCUT2D eigenvalue weighted by molar-refractivity contribution is 5.93. The Labute approximate surface area is 125 Å². The lowest BCUT2D eigenvalue weighted by Gasteiger charge is -1.96. The molecule has 1 aromatic heterocycles. The van der Waals surface area contributed by atoms with Gasteiger partial charge in [0.15, 0.2) is 5.69 Å². The van der Waals surface area contributed by atoms with Gasteiger partial charge in [-0.15, -0.1) is 0 Å². The summed E-state index contributed by atoms with van der Waals surface area (Å²) in [5, 5.41) is 21.2. The van der Waals surface area contributed by atoms with Gasteiger partial charge in [0.25, 0.3) is 11.6 Å². The molecule has 0 saturated heterocycles. The Bertz CT molecular complexity index is 748. The number of hydrogen-bond donors (Lipinski definition) is 2. The molecule has 1 saturated carbocycles. The summed E-state index contributed by atoms with van der Waals surface area (Å²) in [5.41, 5.74) is 4.08. The first-order valence-corrected chi connectivity index (χ1v) is 6.76. The average molecular weight is 299 g/mol. The summed E-state index contributed by atoms with van der Waals surface area (Å²) >= 11 is 0. The topological polar surface area (TPSA) is 113 Å². The van der Waals surface area contributed by atoms with Crippen LogP contribution >= 0.6 is 0 Å². The number of nitro benzene ring substituents is 1. The van der Waals surface area contributed by atoms with Crippen molar-refractivity contribution in [1.29, 1.82) is 0 Å². The molecule has 1 aliphatic rings. The van der Waals surface area contributed by atoms with Crippen LogP contribution in [0.1, 0.15) is 40.5 Å². The van der Waals surface area contributed by atoms with Crippen LogP contribution in [0.4, 0.5) is 5.69 Å². The fraction of sp³-hybridized carbons (Fsp3) is 0.214. The zero-order chi connectivity index (χ0) is 15.5. The first-order valence-electron chi connectivity index (χ1n) is 6.76. The van der Waals surface area contributed by atoms with Crippen molar-refractivity contribution < 1.29 is 9.72 Å². The van der Waals surface area contributed by atoms with E-state index in [2.05, 4.69) is 20.7 Å². The van der Waals surface area contributed by atoms with Crippen molar-refractivity contribution in [3.05, 3.63) is 57.4 Å². The SMILES string of the molecule is O=C(NN=Cc1cccc([N+](=O)[O-])c1)c1cc(C2CC2)[nH]n1. The maximum atomic E-state index is 11.9. The molecule has 1 fully saturated rings. The number of carbonyl (C=O) groups excluding carboxylic acids is 1. The van der Waals surface area contributed by atoms with Crippen LogP contribution in [0.3, 0.4) is 0 Å². The average Bonchev–Trinajstić information content (AvgIpc) is 3.24. The Morgan fingerprint density at radius 1 is 1.45 bits per heavy atom. The third kappa shape index (κ3) is 3.17. The number of aromatic nitrogens is 2. The fourth-order valence-corrected chi connectivity index (χ4v) is 2.00. The van der Waals surface area contributed by atoms with Crippen LogP contribution in [0, 0.1) is 10.1 Å². The van der Waals surface area contributed by atoms with Crippen LogP contribution < -0.4 is 5.43 Å². The highest BCUT2D eigenvalue weighted by Gasteiger charge is 2.26. The van der Waals surface area contributed by atoms with Gasteiger partial charge in [-0.3, -0.25) is 20.0 Å². The molecule has 0 atom stereocenters. The highest BCUT2D eigenvalue weighted by Crippen LogP contribution is 2.38. The summed E-state index contributed by atoms with van der Waals surface area (Å²) in [6.45, 7) is 0. The number of nitro groups is 1. The van der Waals surface area contributed by atoms with Gasteiger partial charge in [0, 0.05) is 29.3 Å². The number of nitrogens with zero attached hydrogens (tertiary/aromatic N) is 3. The van der Waals surface area contributed by atoms with Crippen molar-refractivity contribution in [1.82, 2.24) is 15.6 Å². The van der Waals surface area contributed by atoms with Crippen LogP contribution in [0.15, 0.2) is 35.4 Å². The van der Waals surface area contributed by atoms with Crippen molar-refractivity contribution in [2.24, 2.45) is 5.10 Å². The van der Waals surface area contributed by atoms with Gasteiger partial charge in [-0.25, -0.2) is 5.43 Å². The third-order valence-corrected chi connectivity index (χ3v) is 3.31. The maximum absolute atomic E-state index is 11.9. The zero-order valence-corrected chi connectivity index (χ0v) is 11.5. The van der Waals surface area contributed by atoms with E-state index in [1.807, 2.05) is 0 Å². The van der Waals surface area contributed by atoms with Gasteiger partial charge >= 0.3 is 0 Å². The Hall–Kier alpha value is -3.03. The predicted molar refractivity (Wildman–Crippen MR) is 78.7 cm³/mol. The molecule has 0 unspecified atom stereocenters. The molecule has 1 aromatic carbocycles. The van der Waals surface area contributed by atoms with E-state index >= 15 is 0 Å². The van der Waals surface area contributed by atoms with Gasteiger partial charge in [-0.2, -0.15) is 10.2 Å². The van der Waals surface area contributed by atoms with Crippen molar-refractivity contribution in [2.45, 2.75) is 18.8 Å². The van der Waals surface area contributed by atoms with Crippen LogP contribution in [0.5, 0.6) is 0 Å². The molecule has 0 spiro atoms. The maximum Gasteiger partial charge on any atom is 0.291 e. The second-order valence-corrected chi connectivity index (χ2v) is 5.03. The molecule has 2 aromatic rings. The fourth-order valence-electron chi connectivity index (χ4n) is 2.00. The molecule has 1 aliphatic carbocycles. The Balaban J connectivity index is 1.62. The smallest absolute Gasteiger partial charge is 0.281 e. The van der Waals surface area contributed by atoms with E-state index in [9.17, 15) is 14.9 Å². The lowest BCUT2D eigenvalue weighted by molar-refractivity contribution is -0.384. The van der Waals surface area contributed by atoms with Crippen molar-refractivity contribution in [3.8, 4) is 0 Å². The normalized spacial score (nSPS) is 14.2. The van der Waals surface area contributed by atoms with E-state index in [0.29, 0.717) is 11.5 Å². The molecule has 2 N–H and O–H groups in total. The predicted octanol–water partition coefficient (Wildman–Crippen LogP) is 1.96. The lowest BCUT2D eigenvalue weighted by Crippen LogP contribution is -2.18. The van der Waals surface area contributed by atoms with Gasteiger partial charge in [0.05, 0.1) is 11.1 Å². The summed E-state index contributed by atoms with van der Waals surface area (Å²) in [7, 11) is 0. The number of rotatable bonds is 5. The van der Waals surface area contributed by atoms with E-state index in [0.717, 1.165) is 18.5 Å². The van der Waals surface area contributed by atoms with E-state index < -0.39 is 10.8 Å². The largest absolute Gasteiger partial charge is 0.291 e. The number of aromatic amines is 1. The Morgan fingerprint density at radius 2 is 2.27 bits per heavy atom. The summed E-state index contributed by atoms with van der Waals surface area (Å²) in [4.78, 5) is 22.0. The van der Waals surface area contributed by atoms with Gasteiger partial charge in [0.1, 0.15) is 0 Å². The first kappa shape index (κ1) is 13.9. The molecule has 0 radical (unpaired) electrons. The first-order chi connectivity index (χ1) is 10.6. The standard InChI is InChI=1S/C14H13N5O3/c20-14(13-7-12(16-17-13)10-4-5-10)18-15-8-9-2-1-3-11(6-9)19(21)22/h1-3,6-8,10H,4-5H2,(H,16,17)(H,18,20). The molecule has 22 heavy (non-hydrogen) atoms. The lowest BCUT2D eigenvalue weighted by atomic mass is 10.2. The number of non-ortho nitro benzene ring substituents is 1. The van der Waals surface area contributed by atoms with E-state index in [1.165, 1.54) is 18.3 Å². The summed E-state index contributed by atoms with van der Waals surface area (Å²) in [6.07, 6.45) is 3.59. The van der Waals surface area contributed by atoms with Crippen LogP contribution in [0.2, 0.25) is 0 Å². The number of hydrazone groups is 1. The molecule has 3 rings (SSSR count). The molecular weight excluding hydrogens is 286 g/mol. The molecule has 0 bridgehead atoms.